The molecule has 4 rings (SSSR count). The Balaban J connectivity index is 1.32. The van der Waals surface area contributed by atoms with Crippen LogP contribution in [0.25, 0.3) is 0 Å². The monoisotopic (exact) mass is 454 g/mol. The van der Waals surface area contributed by atoms with Crippen molar-refractivity contribution < 1.29 is 18.7 Å². The first-order chi connectivity index (χ1) is 15.5. The van der Waals surface area contributed by atoms with Crippen LogP contribution in [0.2, 0.25) is 0 Å². The molecule has 0 saturated carbocycles. The third-order valence-corrected chi connectivity index (χ3v) is 6.73. The molecule has 2 aromatic carbocycles. The Labute approximate surface area is 191 Å². The summed E-state index contributed by atoms with van der Waals surface area (Å²) in [5.74, 6) is 0.465. The van der Waals surface area contributed by atoms with Gasteiger partial charge in [0.1, 0.15) is 23.2 Å². The van der Waals surface area contributed by atoms with Gasteiger partial charge in [0.05, 0.1) is 12.1 Å². The average molecular weight is 455 g/mol. The number of nitrogens with zero attached hydrogens (tertiary/aromatic N) is 1. The second-order valence-electron chi connectivity index (χ2n) is 8.19. The van der Waals surface area contributed by atoms with E-state index < -0.39 is 0 Å². The smallest absolute Gasteiger partial charge is 0.226 e. The van der Waals surface area contributed by atoms with Gasteiger partial charge in [-0.15, -0.1) is 11.3 Å². The van der Waals surface area contributed by atoms with Crippen LogP contribution >= 0.6 is 11.3 Å². The molecule has 1 aromatic heterocycles. The van der Waals surface area contributed by atoms with E-state index in [1.165, 1.54) is 29.0 Å². The molecule has 32 heavy (non-hydrogen) atoms. The number of aryl methyl sites for hydroxylation is 1. The molecule has 3 aromatic rings. The van der Waals surface area contributed by atoms with Crippen molar-refractivity contribution in [3.05, 3.63) is 81.6 Å². The zero-order chi connectivity index (χ0) is 22.4. The lowest BCUT2D eigenvalue weighted by Crippen LogP contribution is -2.45. The van der Waals surface area contributed by atoms with Gasteiger partial charge in [-0.05, 0) is 49.6 Å². The quantitative estimate of drug-likeness (QED) is 0.541. The zero-order valence-electron chi connectivity index (χ0n) is 18.1. The molecule has 0 aliphatic carbocycles. The first-order valence-electron chi connectivity index (χ1n) is 10.8. The largest absolute Gasteiger partial charge is 0.486 e. The number of benzene rings is 2. The summed E-state index contributed by atoms with van der Waals surface area (Å²) >= 11 is 1.49. The van der Waals surface area contributed by atoms with Crippen molar-refractivity contribution >= 4 is 17.2 Å². The van der Waals surface area contributed by atoms with Crippen LogP contribution in [0.4, 0.5) is 4.39 Å². The molecule has 7 heteroatoms. The lowest BCUT2D eigenvalue weighted by Gasteiger charge is -2.38. The summed E-state index contributed by atoms with van der Waals surface area (Å²) in [7, 11) is 0. The second kappa shape index (κ2) is 10.2. The van der Waals surface area contributed by atoms with Crippen LogP contribution in [-0.4, -0.2) is 30.6 Å². The summed E-state index contributed by atoms with van der Waals surface area (Å²) in [6.45, 7) is 4.16. The van der Waals surface area contributed by atoms with E-state index in [-0.39, 0.29) is 23.6 Å². The lowest BCUT2D eigenvalue weighted by atomic mass is 9.74. The van der Waals surface area contributed by atoms with E-state index in [0.29, 0.717) is 26.4 Å². The first kappa shape index (κ1) is 22.4. The average Bonchev–Trinajstić information content (AvgIpc) is 3.25. The van der Waals surface area contributed by atoms with Gasteiger partial charge in [-0.2, -0.15) is 0 Å². The number of hydrogen-bond donors (Lipinski definition) is 1. The number of thiazole rings is 1. The molecule has 1 N–H and O–H groups in total. The van der Waals surface area contributed by atoms with Crippen LogP contribution < -0.4 is 10.1 Å². The van der Waals surface area contributed by atoms with Crippen LogP contribution in [0.5, 0.6) is 5.75 Å². The zero-order valence-corrected chi connectivity index (χ0v) is 18.9. The number of carbonyl (C=O) groups excluding carboxylic acids is 1. The van der Waals surface area contributed by atoms with E-state index >= 15 is 0 Å². The SMILES string of the molecule is Cc1ccc(OCc2nc(CC(=O)NCC3(c4ccc(F)cc4)CCOCC3)cs2)cc1. The van der Waals surface area contributed by atoms with Crippen molar-refractivity contribution in [3.63, 3.8) is 0 Å². The third kappa shape index (κ3) is 5.72. The van der Waals surface area contributed by atoms with Crippen molar-refractivity contribution in [2.45, 2.75) is 38.2 Å². The number of hydrogen-bond acceptors (Lipinski definition) is 5. The van der Waals surface area contributed by atoms with Crippen molar-refractivity contribution in [2.24, 2.45) is 0 Å². The molecule has 168 valence electrons. The van der Waals surface area contributed by atoms with Crippen LogP contribution in [-0.2, 0) is 28.0 Å². The maximum atomic E-state index is 13.4. The molecular formula is C25H27FN2O3S. The van der Waals surface area contributed by atoms with Crippen LogP contribution in [0, 0.1) is 12.7 Å². The van der Waals surface area contributed by atoms with E-state index in [4.69, 9.17) is 9.47 Å². The van der Waals surface area contributed by atoms with Gasteiger partial charge in [-0.25, -0.2) is 9.37 Å². The molecule has 0 radical (unpaired) electrons. The Morgan fingerprint density at radius 1 is 1.16 bits per heavy atom. The highest BCUT2D eigenvalue weighted by atomic mass is 32.1. The highest BCUT2D eigenvalue weighted by Gasteiger charge is 2.34. The number of halogens is 1. The molecule has 0 atom stereocenters. The Morgan fingerprint density at radius 2 is 1.88 bits per heavy atom. The van der Waals surface area contributed by atoms with Gasteiger partial charge in [0.25, 0.3) is 0 Å². The maximum absolute atomic E-state index is 13.4. The molecule has 5 nitrogen and oxygen atoms in total. The highest BCUT2D eigenvalue weighted by Crippen LogP contribution is 2.34. The summed E-state index contributed by atoms with van der Waals surface area (Å²) in [5, 5.41) is 5.81. The van der Waals surface area contributed by atoms with E-state index in [1.807, 2.05) is 48.7 Å². The Kier molecular flexibility index (Phi) is 7.17. The fourth-order valence-electron chi connectivity index (χ4n) is 3.90. The minimum atomic E-state index is -0.259. The van der Waals surface area contributed by atoms with Crippen molar-refractivity contribution in [3.8, 4) is 5.75 Å². The molecular weight excluding hydrogens is 427 g/mol. The van der Waals surface area contributed by atoms with Gasteiger partial charge in [0, 0.05) is 30.6 Å². The number of nitrogens with one attached hydrogen (secondary N) is 1. The molecule has 0 unspecified atom stereocenters. The van der Waals surface area contributed by atoms with E-state index in [0.717, 1.165) is 34.9 Å². The highest BCUT2D eigenvalue weighted by molar-refractivity contribution is 7.09. The number of rotatable bonds is 8. The number of amides is 1. The predicted molar refractivity (Wildman–Crippen MR) is 122 cm³/mol. The van der Waals surface area contributed by atoms with Gasteiger partial charge in [0.15, 0.2) is 0 Å². The Morgan fingerprint density at radius 3 is 2.59 bits per heavy atom. The Hall–Kier alpha value is -2.77. The summed E-state index contributed by atoms with van der Waals surface area (Å²) in [6, 6.07) is 14.5. The number of ether oxygens (including phenoxy) is 2. The summed E-state index contributed by atoms with van der Waals surface area (Å²) in [6.07, 6.45) is 1.79. The van der Waals surface area contributed by atoms with Crippen LogP contribution in [0.15, 0.2) is 53.9 Å². The molecule has 1 amide bonds. The van der Waals surface area contributed by atoms with Gasteiger partial charge in [-0.1, -0.05) is 29.8 Å². The van der Waals surface area contributed by atoms with Crippen LogP contribution in [0.3, 0.4) is 0 Å². The van der Waals surface area contributed by atoms with Crippen molar-refractivity contribution in [1.82, 2.24) is 10.3 Å². The maximum Gasteiger partial charge on any atom is 0.226 e. The molecule has 1 aliphatic heterocycles. The fraction of sp³-hybridized carbons (Fsp3) is 0.360. The predicted octanol–water partition coefficient (Wildman–Crippen LogP) is 4.58. The van der Waals surface area contributed by atoms with E-state index in [1.54, 1.807) is 0 Å². The minimum absolute atomic E-state index is 0.0747. The summed E-state index contributed by atoms with van der Waals surface area (Å²) in [4.78, 5) is 17.2. The van der Waals surface area contributed by atoms with Gasteiger partial charge >= 0.3 is 0 Å². The van der Waals surface area contributed by atoms with Gasteiger partial charge in [0.2, 0.25) is 5.91 Å². The van der Waals surface area contributed by atoms with Crippen molar-refractivity contribution in [1.29, 1.82) is 0 Å². The van der Waals surface area contributed by atoms with E-state index in [9.17, 15) is 9.18 Å². The lowest BCUT2D eigenvalue weighted by molar-refractivity contribution is -0.121. The molecule has 1 aliphatic rings. The van der Waals surface area contributed by atoms with Gasteiger partial charge in [-0.3, -0.25) is 4.79 Å². The topological polar surface area (TPSA) is 60.5 Å². The number of carbonyl (C=O) groups is 1. The number of aromatic nitrogens is 1. The molecule has 0 spiro atoms. The summed E-state index contributed by atoms with van der Waals surface area (Å²) in [5.41, 5.74) is 2.71. The minimum Gasteiger partial charge on any atom is -0.486 e. The second-order valence-corrected chi connectivity index (χ2v) is 9.13. The van der Waals surface area contributed by atoms with E-state index in [2.05, 4.69) is 10.3 Å². The Bertz CT molecular complexity index is 1030. The fourth-order valence-corrected chi connectivity index (χ4v) is 4.61. The molecule has 1 fully saturated rings. The molecule has 0 bridgehead atoms. The molecule has 2 heterocycles. The van der Waals surface area contributed by atoms with Crippen molar-refractivity contribution in [2.75, 3.05) is 19.8 Å². The molecule has 1 saturated heterocycles. The first-order valence-corrected chi connectivity index (χ1v) is 11.6. The third-order valence-electron chi connectivity index (χ3n) is 5.85. The summed E-state index contributed by atoms with van der Waals surface area (Å²) < 4.78 is 24.7. The standard InChI is InChI=1S/C25H27FN2O3S/c1-18-2-8-22(9-3-18)31-15-24-28-21(16-32-24)14-23(29)27-17-25(10-12-30-13-11-25)19-4-6-20(26)7-5-19/h2-9,16H,10-15,17H2,1H3,(H,27,29). The van der Waals surface area contributed by atoms with Gasteiger partial charge < -0.3 is 14.8 Å². The van der Waals surface area contributed by atoms with Crippen LogP contribution in [0.1, 0.15) is 34.7 Å². The normalized spacial score (nSPS) is 15.3.